The van der Waals surface area contributed by atoms with Crippen molar-refractivity contribution in [2.45, 2.75) is 32.2 Å². The van der Waals surface area contributed by atoms with Crippen molar-refractivity contribution in [2.75, 3.05) is 6.54 Å². The molecule has 0 radical (unpaired) electrons. The van der Waals surface area contributed by atoms with Crippen molar-refractivity contribution in [2.24, 2.45) is 5.73 Å². The molecule has 1 heterocycles. The van der Waals surface area contributed by atoms with E-state index in [0.29, 0.717) is 20.8 Å². The fourth-order valence-corrected chi connectivity index (χ4v) is 3.03. The van der Waals surface area contributed by atoms with Crippen LogP contribution in [0.3, 0.4) is 0 Å². The number of rotatable bonds is 5. The molecule has 0 saturated heterocycles. The van der Waals surface area contributed by atoms with Crippen molar-refractivity contribution in [1.82, 2.24) is 5.32 Å². The molecule has 0 saturated carbocycles. The Morgan fingerprint density at radius 1 is 1.47 bits per heavy atom. The molecule has 0 bridgehead atoms. The number of thiophene rings is 1. The summed E-state index contributed by atoms with van der Waals surface area (Å²) in [7, 11) is 0. The normalized spacial score (nSPS) is 11.6. The van der Waals surface area contributed by atoms with Crippen molar-refractivity contribution in [3.05, 3.63) is 20.3 Å². The molecule has 0 spiro atoms. The van der Waals surface area contributed by atoms with Gasteiger partial charge in [0, 0.05) is 6.54 Å². The van der Waals surface area contributed by atoms with E-state index in [9.17, 15) is 4.79 Å². The molecule has 3 N–H and O–H groups in total. The van der Waals surface area contributed by atoms with Gasteiger partial charge in [-0.1, -0.05) is 37.0 Å². The smallest absolute Gasteiger partial charge is 0.254 e. The van der Waals surface area contributed by atoms with E-state index in [1.54, 1.807) is 6.07 Å². The van der Waals surface area contributed by atoms with Crippen molar-refractivity contribution < 1.29 is 4.79 Å². The number of nitrogens with one attached hydrogen (secondary N) is 1. The molecule has 0 aromatic carbocycles. The van der Waals surface area contributed by atoms with Crippen molar-refractivity contribution >= 4 is 40.4 Å². The molecule has 0 aliphatic heterocycles. The summed E-state index contributed by atoms with van der Waals surface area (Å²) in [5, 5.41) is 2.95. The Balaban J connectivity index is 2.88. The van der Waals surface area contributed by atoms with Crippen molar-refractivity contribution in [3.8, 4) is 0 Å². The number of nitrogens with two attached hydrogens (primary N) is 1. The van der Waals surface area contributed by atoms with Gasteiger partial charge in [-0.3, -0.25) is 4.79 Å². The molecule has 96 valence electrons. The minimum absolute atomic E-state index is 0.215. The van der Waals surface area contributed by atoms with Crippen molar-refractivity contribution in [1.29, 1.82) is 0 Å². The summed E-state index contributed by atoms with van der Waals surface area (Å²) in [6.07, 6.45) is 1.56. The lowest BCUT2D eigenvalue weighted by Gasteiger charge is -2.31. The lowest BCUT2D eigenvalue weighted by Crippen LogP contribution is -2.52. The lowest BCUT2D eigenvalue weighted by atomic mass is 9.92. The Morgan fingerprint density at radius 3 is 2.41 bits per heavy atom. The van der Waals surface area contributed by atoms with Crippen LogP contribution in [-0.4, -0.2) is 18.0 Å². The Bertz CT molecular complexity index is 394. The van der Waals surface area contributed by atoms with E-state index < -0.39 is 0 Å². The summed E-state index contributed by atoms with van der Waals surface area (Å²) in [5.74, 6) is -0.215. The fourth-order valence-electron chi connectivity index (χ4n) is 1.57. The van der Waals surface area contributed by atoms with Gasteiger partial charge in [0.1, 0.15) is 4.34 Å². The maximum atomic E-state index is 12.1. The highest BCUT2D eigenvalue weighted by atomic mass is 35.5. The average Bonchev–Trinajstić information content (AvgIpc) is 2.65. The topological polar surface area (TPSA) is 55.1 Å². The van der Waals surface area contributed by atoms with Gasteiger partial charge in [-0.15, -0.1) is 11.3 Å². The van der Waals surface area contributed by atoms with Crippen LogP contribution in [-0.2, 0) is 0 Å². The van der Waals surface area contributed by atoms with Gasteiger partial charge in [-0.05, 0) is 18.9 Å². The molecular weight excluding hydrogens is 279 g/mol. The number of halogens is 2. The first-order valence-corrected chi connectivity index (χ1v) is 7.02. The highest BCUT2D eigenvalue weighted by molar-refractivity contribution is 7.20. The zero-order valence-electron chi connectivity index (χ0n) is 9.85. The predicted molar refractivity (Wildman–Crippen MR) is 74.2 cm³/mol. The van der Waals surface area contributed by atoms with E-state index in [-0.39, 0.29) is 11.4 Å². The predicted octanol–water partition coefficient (Wildman–Crippen LogP) is 3.30. The summed E-state index contributed by atoms with van der Waals surface area (Å²) in [6.45, 7) is 4.40. The number of hydrogen-bond donors (Lipinski definition) is 2. The summed E-state index contributed by atoms with van der Waals surface area (Å²) in [6, 6.07) is 1.58. The molecule has 1 aromatic rings. The molecule has 0 atom stereocenters. The maximum absolute atomic E-state index is 12.1. The monoisotopic (exact) mass is 294 g/mol. The summed E-state index contributed by atoms with van der Waals surface area (Å²) < 4.78 is 0.914. The maximum Gasteiger partial charge on any atom is 0.254 e. The minimum Gasteiger partial charge on any atom is -0.345 e. The SMILES string of the molecule is CCC(CC)(CN)NC(=O)c1cc(Cl)sc1Cl. The summed E-state index contributed by atoms with van der Waals surface area (Å²) >= 11 is 12.9. The summed E-state index contributed by atoms with van der Waals surface area (Å²) in [4.78, 5) is 12.1. The molecule has 17 heavy (non-hydrogen) atoms. The summed E-state index contributed by atoms with van der Waals surface area (Å²) in [5.41, 5.74) is 5.78. The molecule has 0 aliphatic carbocycles. The van der Waals surface area contributed by atoms with Gasteiger partial charge in [0.05, 0.1) is 15.4 Å². The van der Waals surface area contributed by atoms with Crippen LogP contribution in [0, 0.1) is 0 Å². The zero-order chi connectivity index (χ0) is 13.1. The first-order valence-electron chi connectivity index (χ1n) is 5.45. The van der Waals surface area contributed by atoms with Crippen LogP contribution in [0.2, 0.25) is 8.67 Å². The molecular formula is C11H16Cl2N2OS. The van der Waals surface area contributed by atoms with Crippen LogP contribution in [0.4, 0.5) is 0 Å². The van der Waals surface area contributed by atoms with E-state index in [4.69, 9.17) is 28.9 Å². The molecule has 0 unspecified atom stereocenters. The van der Waals surface area contributed by atoms with E-state index in [2.05, 4.69) is 5.32 Å². The molecule has 3 nitrogen and oxygen atoms in total. The van der Waals surface area contributed by atoms with Crippen LogP contribution < -0.4 is 11.1 Å². The van der Waals surface area contributed by atoms with Crippen molar-refractivity contribution in [3.63, 3.8) is 0 Å². The molecule has 1 amide bonds. The highest BCUT2D eigenvalue weighted by Crippen LogP contribution is 2.31. The molecule has 6 heteroatoms. The van der Waals surface area contributed by atoms with Crippen LogP contribution in [0.5, 0.6) is 0 Å². The first kappa shape index (κ1) is 14.8. The third kappa shape index (κ3) is 3.35. The third-order valence-corrected chi connectivity index (χ3v) is 4.51. The number of carbonyl (C=O) groups excluding carboxylic acids is 1. The molecule has 1 rings (SSSR count). The molecule has 0 fully saturated rings. The molecule has 0 aliphatic rings. The standard InChI is InChI=1S/C11H16Cl2N2OS/c1-3-11(4-2,6-14)15-10(16)7-5-8(12)17-9(7)13/h5H,3-4,6,14H2,1-2H3,(H,15,16). The number of hydrogen-bond acceptors (Lipinski definition) is 3. The van der Waals surface area contributed by atoms with Gasteiger partial charge in [0.15, 0.2) is 0 Å². The van der Waals surface area contributed by atoms with Crippen LogP contribution in [0.25, 0.3) is 0 Å². The largest absolute Gasteiger partial charge is 0.345 e. The molecule has 1 aromatic heterocycles. The van der Waals surface area contributed by atoms with E-state index in [1.165, 1.54) is 11.3 Å². The third-order valence-electron chi connectivity index (χ3n) is 3.02. The van der Waals surface area contributed by atoms with Crippen LogP contribution in [0.1, 0.15) is 37.0 Å². The van der Waals surface area contributed by atoms with E-state index in [1.807, 2.05) is 13.8 Å². The van der Waals surface area contributed by atoms with E-state index >= 15 is 0 Å². The average molecular weight is 295 g/mol. The van der Waals surface area contributed by atoms with Gasteiger partial charge >= 0.3 is 0 Å². The first-order chi connectivity index (χ1) is 7.98. The minimum atomic E-state index is -0.366. The Labute approximate surface area is 115 Å². The Kier molecular flexibility index (Phi) is 5.25. The highest BCUT2D eigenvalue weighted by Gasteiger charge is 2.28. The van der Waals surface area contributed by atoms with Gasteiger partial charge in [-0.2, -0.15) is 0 Å². The number of carbonyl (C=O) groups is 1. The fraction of sp³-hybridized carbons (Fsp3) is 0.545. The van der Waals surface area contributed by atoms with Gasteiger partial charge in [0.2, 0.25) is 0 Å². The second kappa shape index (κ2) is 6.05. The second-order valence-electron chi connectivity index (χ2n) is 3.88. The lowest BCUT2D eigenvalue weighted by molar-refractivity contribution is 0.0896. The quantitative estimate of drug-likeness (QED) is 0.875. The second-order valence-corrected chi connectivity index (χ2v) is 6.17. The number of amides is 1. The van der Waals surface area contributed by atoms with E-state index in [0.717, 1.165) is 12.8 Å². The Morgan fingerprint density at radius 2 is 2.06 bits per heavy atom. The van der Waals surface area contributed by atoms with Crippen LogP contribution in [0.15, 0.2) is 6.07 Å². The zero-order valence-corrected chi connectivity index (χ0v) is 12.2. The van der Waals surface area contributed by atoms with Crippen LogP contribution >= 0.6 is 34.5 Å². The van der Waals surface area contributed by atoms with Gasteiger partial charge in [-0.25, -0.2) is 0 Å². The van der Waals surface area contributed by atoms with Gasteiger partial charge in [0.25, 0.3) is 5.91 Å². The Hall–Kier alpha value is -0.290. The van der Waals surface area contributed by atoms with Gasteiger partial charge < -0.3 is 11.1 Å².